The molecule has 0 aliphatic rings. The second-order valence-corrected chi connectivity index (χ2v) is 6.04. The zero-order chi connectivity index (χ0) is 15.7. The molecule has 0 amide bonds. The number of hydrogen-bond donors (Lipinski definition) is 0. The van der Waals surface area contributed by atoms with E-state index in [1.807, 2.05) is 0 Å². The highest BCUT2D eigenvalue weighted by Crippen LogP contribution is 2.34. The van der Waals surface area contributed by atoms with Crippen molar-refractivity contribution < 1.29 is 35.1 Å². The van der Waals surface area contributed by atoms with Crippen molar-refractivity contribution in [2.45, 2.75) is 23.6 Å². The molecule has 0 saturated carbocycles. The summed E-state index contributed by atoms with van der Waals surface area (Å²) in [4.78, 5) is 1.80. The Morgan fingerprint density at radius 3 is 2.25 bits per heavy atom. The lowest BCUT2D eigenvalue weighted by molar-refractivity contribution is -0.275. The van der Waals surface area contributed by atoms with E-state index >= 15 is 0 Å². The topological polar surface area (TPSA) is 56.3 Å². The SMILES string of the molecule is O=S(=O)(Cl)c1cc(OC(F)(F)F)c(CCl)nc1C(F)F. The summed E-state index contributed by atoms with van der Waals surface area (Å²) in [6, 6.07) is 0.210. The molecule has 0 fully saturated rings. The van der Waals surface area contributed by atoms with Gasteiger partial charge in [0.1, 0.15) is 10.6 Å². The Morgan fingerprint density at radius 2 is 1.90 bits per heavy atom. The number of ether oxygens (including phenoxy) is 1. The molecule has 0 unspecified atom stereocenters. The first kappa shape index (κ1) is 17.2. The molecular formula is C8H4Cl2F5NO3S. The van der Waals surface area contributed by atoms with Crippen LogP contribution in [0.2, 0.25) is 0 Å². The molecule has 4 nitrogen and oxygen atoms in total. The van der Waals surface area contributed by atoms with Crippen LogP contribution in [0.3, 0.4) is 0 Å². The molecule has 0 N–H and O–H groups in total. The summed E-state index contributed by atoms with van der Waals surface area (Å²) in [5.41, 5.74) is -1.99. The fourth-order valence-electron chi connectivity index (χ4n) is 1.19. The van der Waals surface area contributed by atoms with E-state index in [4.69, 9.17) is 22.3 Å². The van der Waals surface area contributed by atoms with Crippen LogP contribution in [0, 0.1) is 0 Å². The van der Waals surface area contributed by atoms with E-state index in [-0.39, 0.29) is 6.07 Å². The number of aromatic nitrogens is 1. The van der Waals surface area contributed by atoms with Crippen molar-refractivity contribution in [1.29, 1.82) is 0 Å². The minimum Gasteiger partial charge on any atom is -0.404 e. The number of nitrogens with zero attached hydrogens (tertiary/aromatic N) is 1. The smallest absolute Gasteiger partial charge is 0.404 e. The number of pyridine rings is 1. The highest BCUT2D eigenvalue weighted by Gasteiger charge is 2.34. The highest BCUT2D eigenvalue weighted by molar-refractivity contribution is 8.13. The fourth-order valence-corrected chi connectivity index (χ4v) is 2.39. The van der Waals surface area contributed by atoms with Crippen LogP contribution in [0.4, 0.5) is 22.0 Å². The van der Waals surface area contributed by atoms with Crippen LogP contribution in [-0.2, 0) is 14.9 Å². The van der Waals surface area contributed by atoms with Gasteiger partial charge in [0.15, 0.2) is 5.75 Å². The summed E-state index contributed by atoms with van der Waals surface area (Å²) < 4.78 is 87.3. The summed E-state index contributed by atoms with van der Waals surface area (Å²) in [6.07, 6.45) is -8.55. The van der Waals surface area contributed by atoms with E-state index < -0.39 is 49.8 Å². The van der Waals surface area contributed by atoms with Gasteiger partial charge in [-0.05, 0) is 0 Å². The molecule has 0 spiro atoms. The minimum absolute atomic E-state index is 0.210. The zero-order valence-corrected chi connectivity index (χ0v) is 11.4. The maximum absolute atomic E-state index is 12.7. The van der Waals surface area contributed by atoms with Crippen LogP contribution in [0.1, 0.15) is 17.8 Å². The van der Waals surface area contributed by atoms with Crippen LogP contribution in [0.5, 0.6) is 5.75 Å². The molecule has 0 aliphatic heterocycles. The van der Waals surface area contributed by atoms with Crippen LogP contribution in [0.15, 0.2) is 11.0 Å². The largest absolute Gasteiger partial charge is 0.573 e. The van der Waals surface area contributed by atoms with Gasteiger partial charge in [0.2, 0.25) is 0 Å². The molecule has 0 atom stereocenters. The predicted octanol–water partition coefficient (Wildman–Crippen LogP) is 3.58. The molecule has 20 heavy (non-hydrogen) atoms. The van der Waals surface area contributed by atoms with Gasteiger partial charge in [0, 0.05) is 16.7 Å². The average molecular weight is 360 g/mol. The van der Waals surface area contributed by atoms with Gasteiger partial charge in [-0.25, -0.2) is 22.2 Å². The Kier molecular flexibility index (Phi) is 5.03. The molecule has 1 aromatic heterocycles. The number of halogens is 7. The molecule has 0 aliphatic carbocycles. The molecule has 0 saturated heterocycles. The number of hydrogen-bond acceptors (Lipinski definition) is 4. The average Bonchev–Trinajstić information content (AvgIpc) is 2.24. The van der Waals surface area contributed by atoms with Crippen LogP contribution >= 0.6 is 22.3 Å². The highest BCUT2D eigenvalue weighted by atomic mass is 35.7. The molecular weight excluding hydrogens is 356 g/mol. The fraction of sp³-hybridized carbons (Fsp3) is 0.375. The second kappa shape index (κ2) is 5.86. The quantitative estimate of drug-likeness (QED) is 0.468. The van der Waals surface area contributed by atoms with E-state index in [1.165, 1.54) is 0 Å². The van der Waals surface area contributed by atoms with Crippen LogP contribution in [0.25, 0.3) is 0 Å². The molecule has 0 bridgehead atoms. The Balaban J connectivity index is 3.55. The van der Waals surface area contributed by atoms with E-state index in [2.05, 4.69) is 9.72 Å². The van der Waals surface area contributed by atoms with Crippen molar-refractivity contribution in [3.63, 3.8) is 0 Å². The van der Waals surface area contributed by atoms with Gasteiger partial charge in [-0.15, -0.1) is 24.8 Å². The first-order chi connectivity index (χ1) is 8.95. The minimum atomic E-state index is -5.18. The van der Waals surface area contributed by atoms with Crippen molar-refractivity contribution in [2.24, 2.45) is 0 Å². The van der Waals surface area contributed by atoms with Crippen LogP contribution < -0.4 is 4.74 Å². The molecule has 114 valence electrons. The van der Waals surface area contributed by atoms with Crippen molar-refractivity contribution in [3.05, 3.63) is 17.5 Å². The summed E-state index contributed by atoms with van der Waals surface area (Å²) in [6.45, 7) is 0. The number of alkyl halides is 6. The number of rotatable bonds is 4. The lowest BCUT2D eigenvalue weighted by Crippen LogP contribution is -2.19. The molecule has 1 heterocycles. The standard InChI is InChI=1S/C8H4Cl2F5NO3S/c9-2-3-4(19-8(13,14)15)1-5(20(10,17)18)6(16-3)7(11)12/h1,7H,2H2. The van der Waals surface area contributed by atoms with Crippen molar-refractivity contribution >= 4 is 31.3 Å². The first-order valence-electron chi connectivity index (χ1n) is 4.54. The van der Waals surface area contributed by atoms with Gasteiger partial charge in [-0.3, -0.25) is 0 Å². The lowest BCUT2D eigenvalue weighted by Gasteiger charge is -2.14. The lowest BCUT2D eigenvalue weighted by atomic mass is 10.3. The second-order valence-electron chi connectivity index (χ2n) is 3.24. The Labute approximate surface area is 118 Å². The van der Waals surface area contributed by atoms with Crippen LogP contribution in [-0.4, -0.2) is 19.8 Å². The van der Waals surface area contributed by atoms with Gasteiger partial charge < -0.3 is 4.74 Å². The van der Waals surface area contributed by atoms with Gasteiger partial charge in [-0.2, -0.15) is 0 Å². The monoisotopic (exact) mass is 359 g/mol. The predicted molar refractivity (Wildman–Crippen MR) is 58.5 cm³/mol. The Bertz CT molecular complexity index is 605. The maximum Gasteiger partial charge on any atom is 0.573 e. The van der Waals surface area contributed by atoms with Crippen molar-refractivity contribution in [1.82, 2.24) is 4.98 Å². The Hall–Kier alpha value is -0.870. The third kappa shape index (κ3) is 4.32. The van der Waals surface area contributed by atoms with Gasteiger partial charge in [-0.1, -0.05) is 0 Å². The third-order valence-corrected chi connectivity index (χ3v) is 3.48. The van der Waals surface area contributed by atoms with E-state index in [0.717, 1.165) is 0 Å². The molecule has 12 heteroatoms. The van der Waals surface area contributed by atoms with Gasteiger partial charge in [0.25, 0.3) is 15.5 Å². The zero-order valence-electron chi connectivity index (χ0n) is 9.09. The summed E-state index contributed by atoms with van der Waals surface area (Å²) in [5.74, 6) is -1.82. The molecule has 1 aromatic rings. The Morgan fingerprint density at radius 1 is 1.35 bits per heavy atom. The van der Waals surface area contributed by atoms with Gasteiger partial charge >= 0.3 is 6.36 Å². The molecule has 0 aromatic carbocycles. The maximum atomic E-state index is 12.7. The summed E-state index contributed by atoms with van der Waals surface area (Å²) >= 11 is 5.27. The molecule has 0 radical (unpaired) electrons. The first-order valence-corrected chi connectivity index (χ1v) is 7.38. The van der Waals surface area contributed by atoms with E-state index in [1.54, 1.807) is 0 Å². The normalized spacial score (nSPS) is 12.8. The summed E-state index contributed by atoms with van der Waals surface area (Å²) in [5, 5.41) is 0. The van der Waals surface area contributed by atoms with Gasteiger partial charge in [0.05, 0.1) is 11.6 Å². The van der Waals surface area contributed by atoms with E-state index in [9.17, 15) is 30.4 Å². The van der Waals surface area contributed by atoms with Crippen molar-refractivity contribution in [2.75, 3.05) is 0 Å². The molecule has 1 rings (SSSR count). The summed E-state index contributed by atoms with van der Waals surface area (Å²) in [7, 11) is 0.133. The third-order valence-electron chi connectivity index (χ3n) is 1.88. The van der Waals surface area contributed by atoms with E-state index in [0.29, 0.717) is 0 Å². The van der Waals surface area contributed by atoms with Crippen molar-refractivity contribution in [3.8, 4) is 5.75 Å².